The minimum atomic E-state index is -3.55. The van der Waals surface area contributed by atoms with E-state index >= 15 is 0 Å². The summed E-state index contributed by atoms with van der Waals surface area (Å²) in [7, 11) is -3.55. The Labute approximate surface area is 113 Å². The highest BCUT2D eigenvalue weighted by molar-refractivity contribution is 7.89. The topological polar surface area (TPSA) is 93.5 Å². The van der Waals surface area contributed by atoms with Gasteiger partial charge in [0.15, 0.2) is 0 Å². The lowest BCUT2D eigenvalue weighted by Crippen LogP contribution is -2.33. The Morgan fingerprint density at radius 2 is 2.16 bits per heavy atom. The predicted octanol–water partition coefficient (Wildman–Crippen LogP) is 0.677. The molecule has 1 aliphatic rings. The van der Waals surface area contributed by atoms with Crippen molar-refractivity contribution in [3.63, 3.8) is 0 Å². The normalized spacial score (nSPS) is 20.2. The van der Waals surface area contributed by atoms with E-state index in [4.69, 9.17) is 10.6 Å². The van der Waals surface area contributed by atoms with E-state index in [1.807, 2.05) is 0 Å². The molecule has 19 heavy (non-hydrogen) atoms. The van der Waals surface area contributed by atoms with Crippen LogP contribution < -0.4 is 16.0 Å². The Kier molecular flexibility index (Phi) is 4.76. The van der Waals surface area contributed by atoms with Gasteiger partial charge < -0.3 is 10.2 Å². The highest BCUT2D eigenvalue weighted by atomic mass is 32.2. The Morgan fingerprint density at radius 1 is 1.37 bits per heavy atom. The second kappa shape index (κ2) is 6.33. The predicted molar refractivity (Wildman–Crippen MR) is 73.0 cm³/mol. The van der Waals surface area contributed by atoms with Crippen LogP contribution in [0.5, 0.6) is 0 Å². The van der Waals surface area contributed by atoms with Crippen molar-refractivity contribution in [1.29, 1.82) is 0 Å². The van der Waals surface area contributed by atoms with E-state index in [9.17, 15) is 8.42 Å². The summed E-state index contributed by atoms with van der Waals surface area (Å²) in [6, 6.07) is 6.54. The van der Waals surface area contributed by atoms with Gasteiger partial charge in [0.2, 0.25) is 10.0 Å². The number of para-hydroxylation sites is 1. The van der Waals surface area contributed by atoms with Gasteiger partial charge in [0, 0.05) is 13.2 Å². The molecule has 0 aliphatic carbocycles. The van der Waals surface area contributed by atoms with Gasteiger partial charge in [-0.3, -0.25) is 5.84 Å². The zero-order valence-electron chi connectivity index (χ0n) is 10.6. The number of nitrogens with two attached hydrogens (primary N) is 1. The third kappa shape index (κ3) is 3.66. The fourth-order valence-electron chi connectivity index (χ4n) is 2.09. The highest BCUT2D eigenvalue weighted by Gasteiger charge is 2.21. The van der Waals surface area contributed by atoms with Crippen molar-refractivity contribution in [3.8, 4) is 0 Å². The van der Waals surface area contributed by atoms with Gasteiger partial charge in [-0.1, -0.05) is 12.1 Å². The van der Waals surface area contributed by atoms with Gasteiger partial charge >= 0.3 is 0 Å². The fraction of sp³-hybridized carbons (Fsp3) is 0.500. The number of benzene rings is 1. The van der Waals surface area contributed by atoms with Crippen molar-refractivity contribution >= 4 is 15.7 Å². The molecule has 0 bridgehead atoms. The van der Waals surface area contributed by atoms with E-state index in [0.29, 0.717) is 18.8 Å². The Morgan fingerprint density at radius 3 is 2.84 bits per heavy atom. The van der Waals surface area contributed by atoms with Crippen LogP contribution in [-0.4, -0.2) is 28.2 Å². The number of rotatable bonds is 5. The Balaban J connectivity index is 2.05. The number of nitrogens with one attached hydrogen (secondary N) is 2. The van der Waals surface area contributed by atoms with Crippen LogP contribution in [0.4, 0.5) is 5.69 Å². The standard InChI is InChI=1S/C12H19N3O3S/c13-15-11-5-1-2-6-12(11)19(16,17)14-8-10-4-3-7-18-9-10/h1-2,5-6,10,14-15H,3-4,7-9,13H2. The molecule has 0 saturated carbocycles. The average molecular weight is 285 g/mol. The van der Waals surface area contributed by atoms with Crippen LogP contribution in [0, 0.1) is 5.92 Å². The first-order valence-electron chi connectivity index (χ1n) is 6.26. The third-order valence-corrected chi connectivity index (χ3v) is 4.63. The van der Waals surface area contributed by atoms with E-state index in [0.717, 1.165) is 19.4 Å². The second-order valence-electron chi connectivity index (χ2n) is 4.58. The molecule has 1 unspecified atom stereocenters. The quantitative estimate of drug-likeness (QED) is 0.546. The first-order valence-corrected chi connectivity index (χ1v) is 7.75. The monoisotopic (exact) mass is 285 g/mol. The van der Waals surface area contributed by atoms with E-state index in [1.54, 1.807) is 18.2 Å². The van der Waals surface area contributed by atoms with Gasteiger partial charge in [-0.05, 0) is 30.9 Å². The molecule has 1 saturated heterocycles. The number of nitrogen functional groups attached to an aromatic ring is 1. The number of ether oxygens (including phenoxy) is 1. The molecule has 1 aromatic carbocycles. The molecule has 7 heteroatoms. The van der Waals surface area contributed by atoms with Crippen molar-refractivity contribution in [2.75, 3.05) is 25.2 Å². The summed E-state index contributed by atoms with van der Waals surface area (Å²) >= 11 is 0. The van der Waals surface area contributed by atoms with Crippen LogP contribution in [0.2, 0.25) is 0 Å². The zero-order chi connectivity index (χ0) is 13.7. The molecule has 2 rings (SSSR count). The van der Waals surface area contributed by atoms with Gasteiger partial charge in [-0.2, -0.15) is 0 Å². The molecule has 1 heterocycles. The van der Waals surface area contributed by atoms with E-state index in [1.165, 1.54) is 6.07 Å². The molecule has 1 atom stereocenters. The summed E-state index contributed by atoms with van der Waals surface area (Å²) in [6.45, 7) is 1.77. The maximum absolute atomic E-state index is 12.2. The summed E-state index contributed by atoms with van der Waals surface area (Å²) in [6.07, 6.45) is 1.96. The van der Waals surface area contributed by atoms with Crippen LogP contribution in [0.15, 0.2) is 29.2 Å². The maximum atomic E-state index is 12.2. The average Bonchev–Trinajstić information content (AvgIpc) is 2.46. The Bertz CT molecular complexity index is 513. The summed E-state index contributed by atoms with van der Waals surface area (Å²) in [5, 5.41) is 0. The van der Waals surface area contributed by atoms with Gasteiger partial charge in [0.1, 0.15) is 4.90 Å². The minimum Gasteiger partial charge on any atom is -0.381 e. The molecular formula is C12H19N3O3S. The van der Waals surface area contributed by atoms with Crippen molar-refractivity contribution in [3.05, 3.63) is 24.3 Å². The van der Waals surface area contributed by atoms with Crippen LogP contribution >= 0.6 is 0 Å². The lowest BCUT2D eigenvalue weighted by Gasteiger charge is -2.22. The molecule has 0 aromatic heterocycles. The van der Waals surface area contributed by atoms with Crippen LogP contribution in [0.3, 0.4) is 0 Å². The number of hydrazine groups is 1. The molecule has 0 amide bonds. The van der Waals surface area contributed by atoms with E-state index in [-0.39, 0.29) is 10.8 Å². The molecule has 6 nitrogen and oxygen atoms in total. The largest absolute Gasteiger partial charge is 0.381 e. The van der Waals surface area contributed by atoms with E-state index in [2.05, 4.69) is 10.1 Å². The van der Waals surface area contributed by atoms with Crippen LogP contribution in [0.25, 0.3) is 0 Å². The summed E-state index contributed by atoms with van der Waals surface area (Å²) in [4.78, 5) is 0.161. The smallest absolute Gasteiger partial charge is 0.242 e. The first-order chi connectivity index (χ1) is 9.13. The molecular weight excluding hydrogens is 266 g/mol. The molecule has 1 aliphatic heterocycles. The van der Waals surface area contributed by atoms with Gasteiger partial charge in [-0.15, -0.1) is 0 Å². The van der Waals surface area contributed by atoms with Crippen LogP contribution in [-0.2, 0) is 14.8 Å². The summed E-state index contributed by atoms with van der Waals surface area (Å²) in [5.74, 6) is 5.56. The van der Waals surface area contributed by atoms with Gasteiger partial charge in [0.25, 0.3) is 0 Å². The van der Waals surface area contributed by atoms with Crippen molar-refractivity contribution in [1.82, 2.24) is 4.72 Å². The maximum Gasteiger partial charge on any atom is 0.242 e. The lowest BCUT2D eigenvalue weighted by molar-refractivity contribution is 0.0568. The zero-order valence-corrected chi connectivity index (χ0v) is 11.4. The molecule has 0 spiro atoms. The first kappa shape index (κ1) is 14.3. The van der Waals surface area contributed by atoms with Gasteiger partial charge in [-0.25, -0.2) is 13.1 Å². The van der Waals surface area contributed by atoms with Crippen molar-refractivity contribution in [2.45, 2.75) is 17.7 Å². The minimum absolute atomic E-state index is 0.161. The Hall–Kier alpha value is -1.15. The highest BCUT2D eigenvalue weighted by Crippen LogP contribution is 2.20. The number of anilines is 1. The summed E-state index contributed by atoms with van der Waals surface area (Å²) in [5.41, 5.74) is 2.78. The van der Waals surface area contributed by atoms with Crippen molar-refractivity contribution in [2.24, 2.45) is 11.8 Å². The van der Waals surface area contributed by atoms with Crippen LogP contribution in [0.1, 0.15) is 12.8 Å². The van der Waals surface area contributed by atoms with E-state index < -0.39 is 10.0 Å². The molecule has 1 fully saturated rings. The fourth-order valence-corrected chi connectivity index (χ4v) is 3.38. The third-order valence-electron chi connectivity index (χ3n) is 3.15. The van der Waals surface area contributed by atoms with Gasteiger partial charge in [0.05, 0.1) is 12.3 Å². The molecule has 4 N–H and O–H groups in total. The van der Waals surface area contributed by atoms with Crippen molar-refractivity contribution < 1.29 is 13.2 Å². The summed E-state index contributed by atoms with van der Waals surface area (Å²) < 4.78 is 32.4. The molecule has 1 aromatic rings. The second-order valence-corrected chi connectivity index (χ2v) is 6.31. The molecule has 0 radical (unpaired) electrons. The number of sulfonamides is 1. The number of hydrogen-bond donors (Lipinski definition) is 3. The SMILES string of the molecule is NNc1ccccc1S(=O)(=O)NCC1CCCOC1. The number of hydrogen-bond acceptors (Lipinski definition) is 5. The lowest BCUT2D eigenvalue weighted by atomic mass is 10.0. The molecule has 106 valence electrons.